The molecule has 0 aliphatic carbocycles. The number of aromatic nitrogens is 2. The van der Waals surface area contributed by atoms with Crippen molar-refractivity contribution < 1.29 is 0 Å². The Labute approximate surface area is 156 Å². The number of thiophene rings is 1. The van der Waals surface area contributed by atoms with Gasteiger partial charge in [-0.2, -0.15) is 10.2 Å². The lowest BCUT2D eigenvalue weighted by Crippen LogP contribution is -2.30. The minimum absolute atomic E-state index is 0.436. The molecular weight excluding hydrogens is 338 g/mol. The fourth-order valence-corrected chi connectivity index (χ4v) is 5.08. The van der Waals surface area contributed by atoms with E-state index in [2.05, 4.69) is 70.7 Å². The van der Waals surface area contributed by atoms with E-state index in [1.807, 2.05) is 23.6 Å². The maximum absolute atomic E-state index is 4.02. The first kappa shape index (κ1) is 15.7. The van der Waals surface area contributed by atoms with E-state index in [-0.39, 0.29) is 0 Å². The first-order chi connectivity index (χ1) is 12.8. The Bertz CT molecular complexity index is 1040. The molecule has 128 valence electrons. The van der Waals surface area contributed by atoms with Gasteiger partial charge >= 0.3 is 0 Å². The lowest BCUT2D eigenvalue weighted by Gasteiger charge is -2.32. The number of benzene rings is 2. The molecule has 1 aliphatic heterocycles. The molecule has 1 atom stereocenters. The quantitative estimate of drug-likeness (QED) is 0.509. The summed E-state index contributed by atoms with van der Waals surface area (Å²) in [5.41, 5.74) is 5.20. The Hall–Kier alpha value is -2.56. The fraction of sp³-hybridized carbons (Fsp3) is 0.182. The van der Waals surface area contributed by atoms with Gasteiger partial charge in [0.15, 0.2) is 0 Å². The topological polar surface area (TPSA) is 29.0 Å². The maximum Gasteiger partial charge on any atom is 0.0574 e. The molecule has 5 rings (SSSR count). The highest BCUT2D eigenvalue weighted by Crippen LogP contribution is 2.39. The summed E-state index contributed by atoms with van der Waals surface area (Å²) < 4.78 is 1.37. The lowest BCUT2D eigenvalue weighted by molar-refractivity contribution is 0.296. The van der Waals surface area contributed by atoms with Crippen LogP contribution < -0.4 is 0 Å². The van der Waals surface area contributed by atoms with Gasteiger partial charge in [0.2, 0.25) is 0 Å². The van der Waals surface area contributed by atoms with E-state index >= 15 is 0 Å². The number of likely N-dealkylation sites (N-methyl/N-ethyl adjacent to an activating group) is 1. The second-order valence-corrected chi connectivity index (χ2v) is 8.10. The number of rotatable bonds is 2. The maximum atomic E-state index is 4.02. The molecule has 0 fully saturated rings. The van der Waals surface area contributed by atoms with Gasteiger partial charge in [0.25, 0.3) is 0 Å². The Kier molecular flexibility index (Phi) is 3.80. The van der Waals surface area contributed by atoms with Crippen LogP contribution >= 0.6 is 11.3 Å². The van der Waals surface area contributed by atoms with Crippen molar-refractivity contribution >= 4 is 21.4 Å². The van der Waals surface area contributed by atoms with Gasteiger partial charge in [0, 0.05) is 34.1 Å². The van der Waals surface area contributed by atoms with E-state index in [0.29, 0.717) is 5.92 Å². The van der Waals surface area contributed by atoms with Gasteiger partial charge < -0.3 is 4.90 Å². The second kappa shape index (κ2) is 6.31. The normalized spacial score (nSPS) is 17.3. The number of nitrogens with zero attached hydrogens (tertiary/aromatic N) is 3. The van der Waals surface area contributed by atoms with Gasteiger partial charge in [-0.1, -0.05) is 30.3 Å². The summed E-state index contributed by atoms with van der Waals surface area (Å²) in [6.07, 6.45) is 3.58. The van der Waals surface area contributed by atoms with E-state index in [9.17, 15) is 0 Å². The molecule has 2 aromatic heterocycles. The molecule has 0 spiro atoms. The Morgan fingerprint density at radius 1 is 1.00 bits per heavy atom. The summed E-state index contributed by atoms with van der Waals surface area (Å²) in [5.74, 6) is 0.436. The van der Waals surface area contributed by atoms with E-state index in [1.165, 1.54) is 31.7 Å². The Morgan fingerprint density at radius 3 is 2.77 bits per heavy atom. The third kappa shape index (κ3) is 2.71. The SMILES string of the molecule is CN1Cc2cc(-c3ccnnc3)ccc2C(c2cc3ccccc3s2)C1. The van der Waals surface area contributed by atoms with Crippen molar-refractivity contribution in [1.82, 2.24) is 15.1 Å². The van der Waals surface area contributed by atoms with Crippen LogP contribution in [0.5, 0.6) is 0 Å². The molecule has 0 bridgehead atoms. The second-order valence-electron chi connectivity index (χ2n) is 6.98. The predicted molar refractivity (Wildman–Crippen MR) is 107 cm³/mol. The molecule has 0 N–H and O–H groups in total. The van der Waals surface area contributed by atoms with Crippen molar-refractivity contribution in [3.8, 4) is 11.1 Å². The smallest absolute Gasteiger partial charge is 0.0574 e. The zero-order valence-corrected chi connectivity index (χ0v) is 15.4. The number of hydrogen-bond acceptors (Lipinski definition) is 4. The third-order valence-electron chi connectivity index (χ3n) is 5.16. The first-order valence-electron chi connectivity index (χ1n) is 8.85. The van der Waals surface area contributed by atoms with Crippen molar-refractivity contribution in [2.24, 2.45) is 0 Å². The van der Waals surface area contributed by atoms with Crippen LogP contribution in [-0.2, 0) is 6.54 Å². The molecule has 0 amide bonds. The molecule has 26 heavy (non-hydrogen) atoms. The van der Waals surface area contributed by atoms with Crippen LogP contribution in [0.25, 0.3) is 21.2 Å². The molecule has 3 nitrogen and oxygen atoms in total. The Morgan fingerprint density at radius 2 is 1.92 bits per heavy atom. The van der Waals surface area contributed by atoms with E-state index in [4.69, 9.17) is 0 Å². The summed E-state index contributed by atoms with van der Waals surface area (Å²) in [6, 6.07) is 19.9. The zero-order chi connectivity index (χ0) is 17.5. The fourth-order valence-electron chi connectivity index (χ4n) is 3.91. The highest BCUT2D eigenvalue weighted by atomic mass is 32.1. The average molecular weight is 357 g/mol. The largest absolute Gasteiger partial charge is 0.301 e. The van der Waals surface area contributed by atoms with Crippen LogP contribution in [-0.4, -0.2) is 28.7 Å². The predicted octanol–water partition coefficient (Wildman–Crippen LogP) is 4.94. The van der Waals surface area contributed by atoms with E-state index in [0.717, 1.165) is 18.7 Å². The van der Waals surface area contributed by atoms with Crippen LogP contribution in [0.15, 0.2) is 67.0 Å². The molecule has 2 aromatic carbocycles. The molecule has 0 saturated heterocycles. The highest BCUT2D eigenvalue weighted by molar-refractivity contribution is 7.19. The van der Waals surface area contributed by atoms with Crippen LogP contribution in [0, 0.1) is 0 Å². The van der Waals surface area contributed by atoms with Crippen molar-refractivity contribution in [1.29, 1.82) is 0 Å². The van der Waals surface area contributed by atoms with E-state index in [1.54, 1.807) is 6.20 Å². The van der Waals surface area contributed by atoms with Crippen molar-refractivity contribution in [2.45, 2.75) is 12.5 Å². The molecule has 0 saturated carbocycles. The lowest BCUT2D eigenvalue weighted by atomic mass is 9.87. The van der Waals surface area contributed by atoms with Gasteiger partial charge in [0.1, 0.15) is 0 Å². The first-order valence-corrected chi connectivity index (χ1v) is 9.66. The molecule has 4 aromatic rings. The third-order valence-corrected chi connectivity index (χ3v) is 6.39. The Balaban J connectivity index is 1.59. The van der Waals surface area contributed by atoms with Crippen LogP contribution in [0.4, 0.5) is 0 Å². The molecule has 1 aliphatic rings. The van der Waals surface area contributed by atoms with Gasteiger partial charge in [-0.15, -0.1) is 11.3 Å². The van der Waals surface area contributed by atoms with Gasteiger partial charge in [-0.3, -0.25) is 0 Å². The van der Waals surface area contributed by atoms with E-state index < -0.39 is 0 Å². The summed E-state index contributed by atoms with van der Waals surface area (Å²) >= 11 is 1.93. The number of hydrogen-bond donors (Lipinski definition) is 0. The van der Waals surface area contributed by atoms with Gasteiger partial charge in [-0.05, 0) is 53.4 Å². The van der Waals surface area contributed by atoms with Crippen molar-refractivity contribution in [2.75, 3.05) is 13.6 Å². The summed E-state index contributed by atoms with van der Waals surface area (Å²) in [4.78, 5) is 3.88. The standard InChI is InChI=1S/C22H19N3S/c1-25-13-18-10-15(17-8-9-23-24-12-17)6-7-19(18)20(14-25)22-11-16-4-2-3-5-21(16)26-22/h2-12,20H,13-14H2,1H3. The molecule has 1 unspecified atom stereocenters. The average Bonchev–Trinajstić information content (AvgIpc) is 3.11. The van der Waals surface area contributed by atoms with Crippen LogP contribution in [0.1, 0.15) is 21.9 Å². The zero-order valence-electron chi connectivity index (χ0n) is 14.6. The molecular formula is C22H19N3S. The van der Waals surface area contributed by atoms with Crippen molar-refractivity contribution in [3.05, 3.63) is 83.0 Å². The highest BCUT2D eigenvalue weighted by Gasteiger charge is 2.26. The summed E-state index contributed by atoms with van der Waals surface area (Å²) in [7, 11) is 2.21. The van der Waals surface area contributed by atoms with Gasteiger partial charge in [-0.25, -0.2) is 0 Å². The summed E-state index contributed by atoms with van der Waals surface area (Å²) in [5, 5.41) is 9.25. The number of fused-ring (bicyclic) bond motifs is 2. The molecule has 0 radical (unpaired) electrons. The minimum Gasteiger partial charge on any atom is -0.301 e. The van der Waals surface area contributed by atoms with Crippen molar-refractivity contribution in [3.63, 3.8) is 0 Å². The van der Waals surface area contributed by atoms with Crippen LogP contribution in [0.2, 0.25) is 0 Å². The summed E-state index contributed by atoms with van der Waals surface area (Å²) in [6.45, 7) is 2.05. The molecule has 4 heteroatoms. The minimum atomic E-state index is 0.436. The van der Waals surface area contributed by atoms with Crippen LogP contribution in [0.3, 0.4) is 0 Å². The molecule has 3 heterocycles. The monoisotopic (exact) mass is 357 g/mol. The van der Waals surface area contributed by atoms with Gasteiger partial charge in [0.05, 0.1) is 12.4 Å².